The third-order valence-corrected chi connectivity index (χ3v) is 1.07. The fourth-order valence-corrected chi connectivity index (χ4v) is 0.700. The van der Waals surface area contributed by atoms with Crippen molar-refractivity contribution in [3.8, 4) is 0 Å². The van der Waals surface area contributed by atoms with Crippen molar-refractivity contribution in [2.75, 3.05) is 0 Å². The quantitative estimate of drug-likeness (QED) is 0.594. The summed E-state index contributed by atoms with van der Waals surface area (Å²) < 4.78 is 0. The molecule has 0 radical (unpaired) electrons. The number of rotatable bonds is 3. The Morgan fingerprint density at radius 1 is 1.60 bits per heavy atom. The summed E-state index contributed by atoms with van der Waals surface area (Å²) in [5.74, 6) is 0. The Bertz CT molecular complexity index is 160. The first kappa shape index (κ1) is 9.02. The van der Waals surface area contributed by atoms with Gasteiger partial charge in [-0.3, -0.25) is 0 Å². The Hall–Kier alpha value is -0.980. The average Bonchev–Trinajstić information content (AvgIpc) is 1.86. The SMILES string of the molecule is C=CC(=C/CC)/C=C(\C)N. The van der Waals surface area contributed by atoms with Gasteiger partial charge in [0.2, 0.25) is 0 Å². The van der Waals surface area contributed by atoms with Gasteiger partial charge in [-0.15, -0.1) is 0 Å². The van der Waals surface area contributed by atoms with Gasteiger partial charge in [-0.25, -0.2) is 0 Å². The molecule has 0 bridgehead atoms. The molecule has 0 saturated carbocycles. The number of nitrogens with two attached hydrogens (primary N) is 1. The van der Waals surface area contributed by atoms with E-state index in [1.54, 1.807) is 6.08 Å². The predicted molar refractivity (Wildman–Crippen MR) is 46.5 cm³/mol. The molecular weight excluding hydrogens is 122 g/mol. The molecule has 1 heteroatoms. The van der Waals surface area contributed by atoms with Gasteiger partial charge in [0, 0.05) is 5.70 Å². The van der Waals surface area contributed by atoms with Crippen LogP contribution in [0.25, 0.3) is 0 Å². The van der Waals surface area contributed by atoms with E-state index in [9.17, 15) is 0 Å². The van der Waals surface area contributed by atoms with Gasteiger partial charge < -0.3 is 5.73 Å². The van der Waals surface area contributed by atoms with Crippen LogP contribution >= 0.6 is 0 Å². The summed E-state index contributed by atoms with van der Waals surface area (Å²) in [5.41, 5.74) is 7.39. The Labute approximate surface area is 62.9 Å². The second kappa shape index (κ2) is 4.86. The first-order valence-electron chi connectivity index (χ1n) is 3.47. The van der Waals surface area contributed by atoms with Crippen LogP contribution in [0.15, 0.2) is 36.1 Å². The van der Waals surface area contributed by atoms with Crippen LogP contribution in [0.4, 0.5) is 0 Å². The minimum atomic E-state index is 0.819. The number of hydrogen-bond donors (Lipinski definition) is 1. The van der Waals surface area contributed by atoms with Crippen LogP contribution in [0, 0.1) is 0 Å². The normalized spacial score (nSPS) is 13.4. The number of hydrogen-bond acceptors (Lipinski definition) is 1. The van der Waals surface area contributed by atoms with E-state index >= 15 is 0 Å². The van der Waals surface area contributed by atoms with Crippen molar-refractivity contribution in [3.63, 3.8) is 0 Å². The summed E-state index contributed by atoms with van der Waals surface area (Å²) in [5, 5.41) is 0. The Morgan fingerprint density at radius 2 is 2.20 bits per heavy atom. The monoisotopic (exact) mass is 137 g/mol. The molecule has 0 aliphatic rings. The van der Waals surface area contributed by atoms with Crippen molar-refractivity contribution in [3.05, 3.63) is 36.1 Å². The third kappa shape index (κ3) is 3.96. The molecule has 0 heterocycles. The maximum atomic E-state index is 5.47. The van der Waals surface area contributed by atoms with Gasteiger partial charge in [-0.05, 0) is 25.0 Å². The van der Waals surface area contributed by atoms with Crippen LogP contribution in [0.5, 0.6) is 0 Å². The van der Waals surface area contributed by atoms with Crippen molar-refractivity contribution in [1.29, 1.82) is 0 Å². The van der Waals surface area contributed by atoms with Crippen LogP contribution < -0.4 is 5.73 Å². The van der Waals surface area contributed by atoms with E-state index in [0.29, 0.717) is 0 Å². The highest BCUT2D eigenvalue weighted by Gasteiger charge is 1.83. The van der Waals surface area contributed by atoms with Gasteiger partial charge in [0.25, 0.3) is 0 Å². The molecule has 10 heavy (non-hydrogen) atoms. The molecule has 0 aromatic carbocycles. The molecule has 56 valence electrons. The van der Waals surface area contributed by atoms with E-state index < -0.39 is 0 Å². The highest BCUT2D eigenvalue weighted by Crippen LogP contribution is 2.01. The molecule has 0 rings (SSSR count). The Balaban J connectivity index is 4.23. The van der Waals surface area contributed by atoms with E-state index in [1.807, 2.05) is 13.0 Å². The van der Waals surface area contributed by atoms with Gasteiger partial charge in [0.1, 0.15) is 0 Å². The first-order chi connectivity index (χ1) is 4.70. The summed E-state index contributed by atoms with van der Waals surface area (Å²) in [7, 11) is 0. The smallest absolute Gasteiger partial charge is 0.00547 e. The fourth-order valence-electron chi connectivity index (χ4n) is 0.700. The fraction of sp³-hybridized carbons (Fsp3) is 0.333. The molecule has 0 unspecified atom stereocenters. The van der Waals surface area contributed by atoms with Crippen LogP contribution in [0.3, 0.4) is 0 Å². The van der Waals surface area contributed by atoms with E-state index in [4.69, 9.17) is 5.73 Å². The van der Waals surface area contributed by atoms with Gasteiger partial charge >= 0.3 is 0 Å². The topological polar surface area (TPSA) is 26.0 Å². The van der Waals surface area contributed by atoms with Crippen molar-refractivity contribution in [2.45, 2.75) is 20.3 Å². The Morgan fingerprint density at radius 3 is 2.50 bits per heavy atom. The maximum Gasteiger partial charge on any atom is 0.00547 e. The maximum absolute atomic E-state index is 5.47. The van der Waals surface area contributed by atoms with Crippen LogP contribution in [0.1, 0.15) is 20.3 Å². The first-order valence-corrected chi connectivity index (χ1v) is 3.47. The van der Waals surface area contributed by atoms with E-state index in [-0.39, 0.29) is 0 Å². The zero-order chi connectivity index (χ0) is 7.98. The molecular formula is C9H15N. The zero-order valence-electron chi connectivity index (χ0n) is 6.72. The molecule has 0 saturated heterocycles. The molecule has 2 N–H and O–H groups in total. The molecule has 0 amide bonds. The molecule has 1 nitrogen and oxygen atoms in total. The molecule has 0 fully saturated rings. The minimum absolute atomic E-state index is 0.819. The molecule has 0 atom stereocenters. The molecule has 0 spiro atoms. The van der Waals surface area contributed by atoms with Crippen molar-refractivity contribution >= 4 is 0 Å². The van der Waals surface area contributed by atoms with Gasteiger partial charge in [-0.2, -0.15) is 0 Å². The van der Waals surface area contributed by atoms with Crippen molar-refractivity contribution in [2.24, 2.45) is 5.73 Å². The lowest BCUT2D eigenvalue weighted by molar-refractivity contribution is 1.20. The predicted octanol–water partition coefficient (Wildman–Crippen LogP) is 2.37. The lowest BCUT2D eigenvalue weighted by Gasteiger charge is -1.92. The van der Waals surface area contributed by atoms with E-state index in [1.165, 1.54) is 0 Å². The van der Waals surface area contributed by atoms with Gasteiger partial charge in [0.05, 0.1) is 0 Å². The minimum Gasteiger partial charge on any atom is -0.402 e. The highest BCUT2D eigenvalue weighted by molar-refractivity contribution is 5.30. The van der Waals surface area contributed by atoms with Gasteiger partial charge in [-0.1, -0.05) is 25.7 Å². The molecule has 0 aromatic rings. The van der Waals surface area contributed by atoms with Crippen molar-refractivity contribution < 1.29 is 0 Å². The number of allylic oxidation sites excluding steroid dienone is 5. The molecule has 0 aliphatic carbocycles. The highest BCUT2D eigenvalue weighted by atomic mass is 14.5. The lowest BCUT2D eigenvalue weighted by Crippen LogP contribution is -1.90. The summed E-state index contributed by atoms with van der Waals surface area (Å²) in [4.78, 5) is 0. The van der Waals surface area contributed by atoms with Crippen LogP contribution in [-0.2, 0) is 0 Å². The van der Waals surface area contributed by atoms with E-state index in [0.717, 1.165) is 17.7 Å². The van der Waals surface area contributed by atoms with Crippen LogP contribution in [0.2, 0.25) is 0 Å². The largest absolute Gasteiger partial charge is 0.402 e. The van der Waals surface area contributed by atoms with Crippen LogP contribution in [-0.4, -0.2) is 0 Å². The summed E-state index contributed by atoms with van der Waals surface area (Å²) >= 11 is 0. The molecule has 0 aliphatic heterocycles. The standard InChI is InChI=1S/C9H15N/c1-4-6-9(5-2)7-8(3)10/h5-7H,2,4,10H2,1,3H3/b8-7+,9-6-. The second-order valence-corrected chi connectivity index (χ2v) is 2.20. The summed E-state index contributed by atoms with van der Waals surface area (Å²) in [6.07, 6.45) is 6.82. The lowest BCUT2D eigenvalue weighted by atomic mass is 10.2. The second-order valence-electron chi connectivity index (χ2n) is 2.20. The Kier molecular flexibility index (Phi) is 4.38. The van der Waals surface area contributed by atoms with E-state index in [2.05, 4.69) is 19.6 Å². The average molecular weight is 137 g/mol. The molecule has 0 aromatic heterocycles. The van der Waals surface area contributed by atoms with Gasteiger partial charge in [0.15, 0.2) is 0 Å². The third-order valence-electron chi connectivity index (χ3n) is 1.07. The zero-order valence-corrected chi connectivity index (χ0v) is 6.72. The summed E-state index contributed by atoms with van der Waals surface area (Å²) in [6, 6.07) is 0. The van der Waals surface area contributed by atoms with Crippen molar-refractivity contribution in [1.82, 2.24) is 0 Å². The summed E-state index contributed by atoms with van der Waals surface area (Å²) in [6.45, 7) is 7.62.